The third-order valence-electron chi connectivity index (χ3n) is 7.42. The van der Waals surface area contributed by atoms with Crippen molar-refractivity contribution in [2.24, 2.45) is 34.3 Å². The van der Waals surface area contributed by atoms with Crippen molar-refractivity contribution in [3.63, 3.8) is 0 Å². The number of rotatable bonds is 8. The van der Waals surface area contributed by atoms with Crippen LogP contribution in [-0.4, -0.2) is 64.6 Å². The highest BCUT2D eigenvalue weighted by atomic mass is 16.2. The van der Waals surface area contributed by atoms with E-state index in [0.717, 1.165) is 11.3 Å². The Hall–Kier alpha value is -2.65. The number of nitrogens with zero attached hydrogens (tertiary/aromatic N) is 1. The summed E-state index contributed by atoms with van der Waals surface area (Å²) in [6.45, 7) is 3.70. The summed E-state index contributed by atoms with van der Waals surface area (Å²) >= 11 is 0. The van der Waals surface area contributed by atoms with Gasteiger partial charge in [-0.15, -0.1) is 0 Å². The van der Waals surface area contributed by atoms with Gasteiger partial charge in [0, 0.05) is 20.3 Å². The Morgan fingerprint density at radius 3 is 2.16 bits per heavy atom. The van der Waals surface area contributed by atoms with Crippen molar-refractivity contribution in [2.45, 2.75) is 105 Å². The van der Waals surface area contributed by atoms with Crippen LogP contribution in [0.4, 0.5) is 4.79 Å². The molecule has 3 fully saturated rings. The van der Waals surface area contributed by atoms with Gasteiger partial charge < -0.3 is 26.6 Å². The Labute approximate surface area is 230 Å². The fourth-order valence-electron chi connectivity index (χ4n) is 5.15. The van der Waals surface area contributed by atoms with Crippen LogP contribution in [0.25, 0.3) is 0 Å². The van der Waals surface area contributed by atoms with E-state index in [1.807, 2.05) is 0 Å². The first-order valence-corrected chi connectivity index (χ1v) is 12.7. The molecule has 0 aromatic carbocycles. The average molecular weight is 527 g/mol. The number of nitrogens with one attached hydrogen (secondary N) is 3. The first-order valence-electron chi connectivity index (χ1n) is 16.2. The van der Waals surface area contributed by atoms with Gasteiger partial charge in [0.2, 0.25) is 17.6 Å². The minimum absolute atomic E-state index is 0.161. The van der Waals surface area contributed by atoms with E-state index >= 15 is 0 Å². The molecule has 0 aromatic rings. The Morgan fingerprint density at radius 1 is 1.08 bits per heavy atom. The van der Waals surface area contributed by atoms with Gasteiger partial charge in [-0.05, 0) is 55.8 Å². The summed E-state index contributed by atoms with van der Waals surface area (Å²) in [5, 5.41) is 7.60. The van der Waals surface area contributed by atoms with E-state index in [1.165, 1.54) is 0 Å². The molecule has 1 saturated heterocycles. The second kappa shape index (κ2) is 9.91. The van der Waals surface area contributed by atoms with Crippen LogP contribution in [0.5, 0.6) is 0 Å². The summed E-state index contributed by atoms with van der Waals surface area (Å²) in [7, 11) is 0. The van der Waals surface area contributed by atoms with Crippen LogP contribution in [-0.2, 0) is 19.2 Å². The van der Waals surface area contributed by atoms with Crippen LogP contribution in [0.2, 0.25) is 0 Å². The number of amides is 5. The Bertz CT molecular complexity index is 1190. The van der Waals surface area contributed by atoms with Gasteiger partial charge in [-0.25, -0.2) is 4.79 Å². The SMILES string of the molecule is [2H]C([2H])([2H])C1(C([2H])([2H])[2H])[C@@H]2[C@@H](C(=O)N[C@]([2H])(CC3CCC3)C(=O)C(N)=O)N(C(=O)[C@@H](NC(=O)NC(C)(C)C)C(C)(C)C)C[C@@H]21. The maximum atomic E-state index is 14.2. The van der Waals surface area contributed by atoms with E-state index in [1.54, 1.807) is 41.5 Å². The number of piperidine rings is 1. The van der Waals surface area contributed by atoms with Gasteiger partial charge in [-0.2, -0.15) is 0 Å². The van der Waals surface area contributed by atoms with Crippen LogP contribution in [0, 0.1) is 28.6 Å². The topological polar surface area (TPSA) is 151 Å². The van der Waals surface area contributed by atoms with Gasteiger partial charge in [0.05, 0.1) is 7.39 Å². The quantitative estimate of drug-likeness (QED) is 0.355. The summed E-state index contributed by atoms with van der Waals surface area (Å²) in [4.78, 5) is 66.8. The van der Waals surface area contributed by atoms with Crippen LogP contribution < -0.4 is 21.7 Å². The standard InChI is InChI=1S/C27H45N5O5/c1-25(2,3)20(30-24(37)31-26(4,5)6)23(36)32-13-15-17(27(15,7)8)18(32)22(35)29-16(19(33)21(28)34)12-14-10-9-11-14/h14-18,20H,9-13H2,1-8H3,(H2,28,34)(H,29,35)(H2,30,31,37)/t15-,16+,17-,18-,20+/m0/s1/i7D3,8D3,16D. The lowest BCUT2D eigenvalue weighted by atomic mass is 9.80. The maximum absolute atomic E-state index is 14.2. The van der Waals surface area contributed by atoms with E-state index in [0.29, 0.717) is 12.8 Å². The van der Waals surface area contributed by atoms with E-state index in [9.17, 15) is 24.0 Å². The number of hydrogen-bond donors (Lipinski definition) is 4. The van der Waals surface area contributed by atoms with Gasteiger partial charge in [-0.3, -0.25) is 19.2 Å². The molecule has 5 amide bonds. The molecule has 3 aliphatic rings. The van der Waals surface area contributed by atoms with Crippen LogP contribution >= 0.6 is 0 Å². The van der Waals surface area contributed by atoms with E-state index < -0.39 is 96.1 Å². The molecule has 10 nitrogen and oxygen atoms in total. The zero-order valence-electron chi connectivity index (χ0n) is 29.5. The summed E-state index contributed by atoms with van der Waals surface area (Å²) < 4.78 is 57.8. The second-order valence-corrected chi connectivity index (χ2v) is 12.7. The first-order chi connectivity index (χ1) is 19.7. The summed E-state index contributed by atoms with van der Waals surface area (Å²) in [6.07, 6.45) is 1.89. The summed E-state index contributed by atoms with van der Waals surface area (Å²) in [5.74, 6) is -7.44. The third-order valence-corrected chi connectivity index (χ3v) is 7.42. The molecule has 0 aromatic heterocycles. The maximum Gasteiger partial charge on any atom is 0.315 e. The minimum atomic E-state index is -3.05. The highest BCUT2D eigenvalue weighted by Crippen LogP contribution is 2.65. The molecule has 2 saturated carbocycles. The van der Waals surface area contributed by atoms with Crippen molar-refractivity contribution in [3.8, 4) is 0 Å². The van der Waals surface area contributed by atoms with E-state index in [2.05, 4.69) is 16.0 Å². The van der Waals surface area contributed by atoms with Gasteiger partial charge in [0.25, 0.3) is 5.91 Å². The van der Waals surface area contributed by atoms with Crippen LogP contribution in [0.15, 0.2) is 0 Å². The lowest BCUT2D eigenvalue weighted by Crippen LogP contribution is -2.62. The zero-order chi connectivity index (χ0) is 34.0. The second-order valence-electron chi connectivity index (χ2n) is 12.7. The molecule has 0 spiro atoms. The van der Waals surface area contributed by atoms with Crippen molar-refractivity contribution in [2.75, 3.05) is 6.54 Å². The predicted molar refractivity (Wildman–Crippen MR) is 139 cm³/mol. The molecule has 10 heteroatoms. The molecule has 0 radical (unpaired) electrons. The van der Waals surface area contributed by atoms with Gasteiger partial charge in [0.1, 0.15) is 12.1 Å². The molecule has 0 bridgehead atoms. The Morgan fingerprint density at radius 2 is 1.70 bits per heavy atom. The molecule has 5 N–H and O–H groups in total. The van der Waals surface area contributed by atoms with Crippen LogP contribution in [0.3, 0.4) is 0 Å². The highest BCUT2D eigenvalue weighted by Gasteiger charge is 2.70. The molecule has 3 rings (SSSR count). The lowest BCUT2D eigenvalue weighted by Gasteiger charge is -2.38. The summed E-state index contributed by atoms with van der Waals surface area (Å²) in [6, 6.07) is -6.15. The molecule has 208 valence electrons. The average Bonchev–Trinajstić information content (AvgIpc) is 3.31. The van der Waals surface area contributed by atoms with Gasteiger partial charge >= 0.3 is 6.03 Å². The number of nitrogens with two attached hydrogens (primary N) is 1. The number of carbonyl (C=O) groups excluding carboxylic acids is 5. The Kier molecular flexibility index (Phi) is 5.44. The number of likely N-dealkylation sites (tertiary alicyclic amines) is 1. The fraction of sp³-hybridized carbons (Fsp3) is 0.815. The molecule has 1 heterocycles. The number of ketones is 1. The van der Waals surface area contributed by atoms with Crippen molar-refractivity contribution < 1.29 is 33.6 Å². The fourth-order valence-corrected chi connectivity index (χ4v) is 5.15. The number of carbonyl (C=O) groups is 5. The van der Waals surface area contributed by atoms with Crippen molar-refractivity contribution in [1.82, 2.24) is 20.9 Å². The molecule has 0 unspecified atom stereocenters. The van der Waals surface area contributed by atoms with Crippen LogP contribution in [0.1, 0.15) is 90.5 Å². The normalized spacial score (nSPS) is 30.6. The lowest BCUT2D eigenvalue weighted by molar-refractivity contribution is -0.145. The van der Waals surface area contributed by atoms with Crippen molar-refractivity contribution in [1.29, 1.82) is 0 Å². The smallest absolute Gasteiger partial charge is 0.315 e. The largest absolute Gasteiger partial charge is 0.363 e. The first kappa shape index (κ1) is 20.3. The van der Waals surface area contributed by atoms with E-state index in [4.69, 9.17) is 15.3 Å². The predicted octanol–water partition coefficient (Wildman–Crippen LogP) is 1.71. The number of fused-ring (bicyclic) bond motifs is 1. The molecule has 37 heavy (non-hydrogen) atoms. The number of primary amides is 1. The molecular weight excluding hydrogens is 474 g/mol. The highest BCUT2D eigenvalue weighted by molar-refractivity contribution is 6.37. The molecule has 5 atom stereocenters. The monoisotopic (exact) mass is 526 g/mol. The molecule has 2 aliphatic carbocycles. The third kappa shape index (κ3) is 6.26. The number of hydrogen-bond acceptors (Lipinski definition) is 5. The number of urea groups is 1. The zero-order valence-corrected chi connectivity index (χ0v) is 22.5. The van der Waals surface area contributed by atoms with Gasteiger partial charge in [0.15, 0.2) is 0 Å². The summed E-state index contributed by atoms with van der Waals surface area (Å²) in [5.41, 5.74) is 1.30. The van der Waals surface area contributed by atoms with Gasteiger partial charge in [-0.1, -0.05) is 53.7 Å². The molecular formula is C27H45N5O5. The van der Waals surface area contributed by atoms with Crippen molar-refractivity contribution >= 4 is 29.5 Å². The van der Waals surface area contributed by atoms with E-state index in [-0.39, 0.29) is 12.3 Å². The Balaban J connectivity index is 2.07. The molecule has 1 aliphatic heterocycles. The number of Topliss-reactive ketones (excluding diaryl/α,β-unsaturated/α-hetero) is 1. The minimum Gasteiger partial charge on any atom is -0.363 e. The van der Waals surface area contributed by atoms with Crippen molar-refractivity contribution in [3.05, 3.63) is 0 Å².